The fourth-order valence-electron chi connectivity index (χ4n) is 1.26. The van der Waals surface area contributed by atoms with Crippen LogP contribution in [0.3, 0.4) is 0 Å². The lowest BCUT2D eigenvalue weighted by Crippen LogP contribution is -2.22. The number of aromatic nitrogens is 3. The molecule has 0 radical (unpaired) electrons. The van der Waals surface area contributed by atoms with Crippen LogP contribution >= 0.6 is 0 Å². The summed E-state index contributed by atoms with van der Waals surface area (Å²) >= 11 is 0. The van der Waals surface area contributed by atoms with Crippen LogP contribution in [0.4, 0.5) is 5.82 Å². The highest BCUT2D eigenvalue weighted by Gasteiger charge is 1.96. The number of hydrogen-bond donors (Lipinski definition) is 3. The van der Waals surface area contributed by atoms with Gasteiger partial charge in [0.25, 0.3) is 5.56 Å². The van der Waals surface area contributed by atoms with Crippen molar-refractivity contribution >= 4 is 5.82 Å². The van der Waals surface area contributed by atoms with Gasteiger partial charge in [-0.15, -0.1) is 0 Å². The van der Waals surface area contributed by atoms with Crippen molar-refractivity contribution in [3.05, 3.63) is 57.0 Å². The number of hydrogen-bond acceptors (Lipinski definition) is 4. The minimum atomic E-state index is -0.527. The van der Waals surface area contributed by atoms with Crippen molar-refractivity contribution in [2.24, 2.45) is 0 Å². The molecule has 0 aliphatic heterocycles. The largest absolute Gasteiger partial charge is 0.367 e. The molecule has 6 heteroatoms. The third-order valence-electron chi connectivity index (χ3n) is 1.97. The Balaban J connectivity index is 2.11. The monoisotopic (exact) mass is 218 g/mol. The summed E-state index contributed by atoms with van der Waals surface area (Å²) in [6.07, 6.45) is 3.39. The first-order chi connectivity index (χ1) is 7.74. The van der Waals surface area contributed by atoms with Gasteiger partial charge in [-0.1, -0.05) is 6.07 Å². The third kappa shape index (κ3) is 2.57. The predicted molar refractivity (Wildman–Crippen MR) is 59.2 cm³/mol. The zero-order valence-corrected chi connectivity index (χ0v) is 8.36. The average molecular weight is 218 g/mol. The van der Waals surface area contributed by atoms with Gasteiger partial charge in [0.15, 0.2) is 0 Å². The van der Waals surface area contributed by atoms with Gasteiger partial charge in [0.1, 0.15) is 5.82 Å². The van der Waals surface area contributed by atoms with Gasteiger partial charge in [-0.05, 0) is 11.6 Å². The van der Waals surface area contributed by atoms with Gasteiger partial charge < -0.3 is 5.32 Å². The molecular formula is C10H10N4O2. The standard InChI is InChI=1S/C10H10N4O2/c15-9-4-8(13-10(16)14-9)12-6-7-2-1-3-11-5-7/h1-5H,6H2,(H3,12,13,14,15,16). The molecule has 0 aromatic carbocycles. The Hall–Kier alpha value is -2.37. The van der Waals surface area contributed by atoms with Gasteiger partial charge >= 0.3 is 5.69 Å². The summed E-state index contributed by atoms with van der Waals surface area (Å²) in [7, 11) is 0. The fourth-order valence-corrected chi connectivity index (χ4v) is 1.26. The third-order valence-corrected chi connectivity index (χ3v) is 1.97. The van der Waals surface area contributed by atoms with E-state index in [9.17, 15) is 9.59 Å². The van der Waals surface area contributed by atoms with Gasteiger partial charge in [-0.25, -0.2) is 4.79 Å². The first-order valence-electron chi connectivity index (χ1n) is 4.70. The van der Waals surface area contributed by atoms with Crippen molar-refractivity contribution in [2.45, 2.75) is 6.54 Å². The number of pyridine rings is 1. The molecule has 0 amide bonds. The molecule has 3 N–H and O–H groups in total. The maximum absolute atomic E-state index is 11.0. The van der Waals surface area contributed by atoms with Gasteiger partial charge in [0.2, 0.25) is 0 Å². The van der Waals surface area contributed by atoms with Gasteiger partial charge in [-0.2, -0.15) is 0 Å². The summed E-state index contributed by atoms with van der Waals surface area (Å²) in [5.41, 5.74) is 0.00209. The molecule has 0 bridgehead atoms. The number of aromatic amines is 2. The van der Waals surface area contributed by atoms with E-state index in [1.54, 1.807) is 12.4 Å². The number of rotatable bonds is 3. The minimum absolute atomic E-state index is 0.387. The number of H-pyrrole nitrogens is 2. The second kappa shape index (κ2) is 4.43. The second-order valence-electron chi connectivity index (χ2n) is 3.22. The zero-order valence-electron chi connectivity index (χ0n) is 8.36. The molecule has 6 nitrogen and oxygen atoms in total. The van der Waals surface area contributed by atoms with Crippen molar-refractivity contribution < 1.29 is 0 Å². The van der Waals surface area contributed by atoms with E-state index in [1.165, 1.54) is 6.07 Å². The van der Waals surface area contributed by atoms with Crippen LogP contribution < -0.4 is 16.6 Å². The summed E-state index contributed by atoms with van der Waals surface area (Å²) in [6.45, 7) is 0.493. The molecule has 2 rings (SSSR count). The smallest absolute Gasteiger partial charge is 0.327 e. The van der Waals surface area contributed by atoms with Crippen molar-refractivity contribution in [3.63, 3.8) is 0 Å². The lowest BCUT2D eigenvalue weighted by molar-refractivity contribution is 1.00. The number of nitrogens with one attached hydrogen (secondary N) is 3. The molecule has 0 atom stereocenters. The Morgan fingerprint density at radius 3 is 2.88 bits per heavy atom. The van der Waals surface area contributed by atoms with E-state index in [0.29, 0.717) is 12.4 Å². The predicted octanol–water partition coefficient (Wildman–Crippen LogP) is 0.0703. The SMILES string of the molecule is O=c1cc(NCc2cccnc2)[nH]c(=O)[nH]1. The summed E-state index contributed by atoms with van der Waals surface area (Å²) < 4.78 is 0. The number of anilines is 1. The van der Waals surface area contributed by atoms with Crippen LogP contribution in [0.2, 0.25) is 0 Å². The van der Waals surface area contributed by atoms with Crippen LogP contribution in [0.15, 0.2) is 40.2 Å². The van der Waals surface area contributed by atoms with E-state index >= 15 is 0 Å². The average Bonchev–Trinajstić information content (AvgIpc) is 2.27. The van der Waals surface area contributed by atoms with Crippen molar-refractivity contribution in [1.29, 1.82) is 0 Å². The Morgan fingerprint density at radius 2 is 2.19 bits per heavy atom. The van der Waals surface area contributed by atoms with Crippen LogP contribution in [0.5, 0.6) is 0 Å². The van der Waals surface area contributed by atoms with Crippen LogP contribution in [-0.4, -0.2) is 15.0 Å². The van der Waals surface area contributed by atoms with Crippen LogP contribution in [0.1, 0.15) is 5.56 Å². The Labute approximate surface area is 90.4 Å². The minimum Gasteiger partial charge on any atom is -0.367 e. The molecule has 0 unspecified atom stereocenters. The summed E-state index contributed by atoms with van der Waals surface area (Å²) in [5, 5.41) is 2.93. The Kier molecular flexibility index (Phi) is 2.81. The van der Waals surface area contributed by atoms with E-state index in [2.05, 4.69) is 20.3 Å². The molecule has 0 saturated carbocycles. The molecule has 0 aliphatic rings. The normalized spacial score (nSPS) is 10.0. The van der Waals surface area contributed by atoms with Crippen molar-refractivity contribution in [2.75, 3.05) is 5.32 Å². The van der Waals surface area contributed by atoms with Gasteiger partial charge in [0.05, 0.1) is 0 Å². The summed E-state index contributed by atoms with van der Waals surface area (Å²) in [6, 6.07) is 5.00. The van der Waals surface area contributed by atoms with E-state index in [4.69, 9.17) is 0 Å². The fraction of sp³-hybridized carbons (Fsp3) is 0.100. The first-order valence-corrected chi connectivity index (χ1v) is 4.70. The topological polar surface area (TPSA) is 90.6 Å². The molecule has 2 aromatic rings. The first kappa shape index (κ1) is 10.2. The summed E-state index contributed by atoms with van der Waals surface area (Å²) in [4.78, 5) is 30.5. The molecule has 16 heavy (non-hydrogen) atoms. The molecule has 0 fully saturated rings. The molecule has 2 heterocycles. The molecule has 0 saturated heterocycles. The zero-order chi connectivity index (χ0) is 11.4. The molecule has 0 spiro atoms. The van der Waals surface area contributed by atoms with E-state index < -0.39 is 11.2 Å². The molecule has 82 valence electrons. The Bertz CT molecular complexity index is 545. The maximum Gasteiger partial charge on any atom is 0.327 e. The van der Waals surface area contributed by atoms with Crippen LogP contribution in [0, 0.1) is 0 Å². The molecular weight excluding hydrogens is 208 g/mol. The van der Waals surface area contributed by atoms with Crippen LogP contribution in [0.25, 0.3) is 0 Å². The van der Waals surface area contributed by atoms with Crippen molar-refractivity contribution in [1.82, 2.24) is 15.0 Å². The molecule has 2 aromatic heterocycles. The quantitative estimate of drug-likeness (QED) is 0.680. The Morgan fingerprint density at radius 1 is 1.31 bits per heavy atom. The van der Waals surface area contributed by atoms with Crippen molar-refractivity contribution in [3.8, 4) is 0 Å². The maximum atomic E-state index is 11.0. The van der Waals surface area contributed by atoms with Crippen LogP contribution in [-0.2, 0) is 6.54 Å². The van der Waals surface area contributed by atoms with E-state index in [0.717, 1.165) is 5.56 Å². The number of nitrogens with zero attached hydrogens (tertiary/aromatic N) is 1. The van der Waals surface area contributed by atoms with E-state index in [1.807, 2.05) is 12.1 Å². The highest BCUT2D eigenvalue weighted by molar-refractivity contribution is 5.32. The highest BCUT2D eigenvalue weighted by Crippen LogP contribution is 2.00. The molecule has 0 aliphatic carbocycles. The lowest BCUT2D eigenvalue weighted by Gasteiger charge is -2.04. The lowest BCUT2D eigenvalue weighted by atomic mass is 10.3. The van der Waals surface area contributed by atoms with E-state index in [-0.39, 0.29) is 0 Å². The summed E-state index contributed by atoms with van der Waals surface area (Å²) in [5.74, 6) is 0.387. The van der Waals surface area contributed by atoms with Gasteiger partial charge in [-0.3, -0.25) is 19.7 Å². The highest BCUT2D eigenvalue weighted by atomic mass is 16.2. The second-order valence-corrected chi connectivity index (χ2v) is 3.22. The van der Waals surface area contributed by atoms with Gasteiger partial charge in [0, 0.05) is 25.0 Å².